The molecule has 130 valence electrons. The lowest BCUT2D eigenvalue weighted by Crippen LogP contribution is -2.28. The lowest BCUT2D eigenvalue weighted by atomic mass is 10.3. The van der Waals surface area contributed by atoms with Crippen molar-refractivity contribution in [1.29, 1.82) is 0 Å². The zero-order valence-corrected chi connectivity index (χ0v) is 15.2. The number of H-pyrrole nitrogens is 1. The zero-order valence-electron chi connectivity index (χ0n) is 14.4. The zero-order chi connectivity index (χ0) is 17.6. The van der Waals surface area contributed by atoms with Gasteiger partial charge in [0.15, 0.2) is 0 Å². The van der Waals surface area contributed by atoms with E-state index in [1.807, 2.05) is 55.5 Å². The Hall–Kier alpha value is -2.47. The second-order valence-electron chi connectivity index (χ2n) is 5.64. The van der Waals surface area contributed by atoms with Gasteiger partial charge in [-0.25, -0.2) is 4.98 Å². The molecule has 25 heavy (non-hydrogen) atoms. The number of ether oxygens (including phenoxy) is 1. The fourth-order valence-corrected chi connectivity index (χ4v) is 3.29. The van der Waals surface area contributed by atoms with Crippen molar-refractivity contribution >= 4 is 28.7 Å². The Kier molecular flexibility index (Phi) is 5.60. The smallest absolute Gasteiger partial charge is 0.233 e. The van der Waals surface area contributed by atoms with Crippen molar-refractivity contribution in [1.82, 2.24) is 14.9 Å². The van der Waals surface area contributed by atoms with Gasteiger partial charge in [0, 0.05) is 11.9 Å². The molecule has 0 radical (unpaired) electrons. The summed E-state index contributed by atoms with van der Waals surface area (Å²) in [5.74, 6) is 2.10. The first-order valence-electron chi connectivity index (χ1n) is 8.19. The molecule has 0 aliphatic rings. The highest BCUT2D eigenvalue weighted by atomic mass is 32.2. The fourth-order valence-electron chi connectivity index (χ4n) is 2.45. The summed E-state index contributed by atoms with van der Waals surface area (Å²) in [5.41, 5.74) is 1.91. The summed E-state index contributed by atoms with van der Waals surface area (Å²) in [5, 5.41) is 0. The Morgan fingerprint density at radius 3 is 2.68 bits per heavy atom. The van der Waals surface area contributed by atoms with Crippen molar-refractivity contribution in [3.8, 4) is 5.75 Å². The van der Waals surface area contributed by atoms with Crippen molar-refractivity contribution in [2.75, 3.05) is 19.4 Å². The maximum absolute atomic E-state index is 12.3. The van der Waals surface area contributed by atoms with Crippen LogP contribution >= 0.6 is 11.8 Å². The first-order valence-corrected chi connectivity index (χ1v) is 9.17. The fraction of sp³-hybridized carbons (Fsp3) is 0.263. The van der Waals surface area contributed by atoms with Gasteiger partial charge in [-0.3, -0.25) is 4.79 Å². The van der Waals surface area contributed by atoms with Crippen LogP contribution in [0.25, 0.3) is 11.0 Å². The van der Waals surface area contributed by atoms with E-state index in [0.29, 0.717) is 18.9 Å². The summed E-state index contributed by atoms with van der Waals surface area (Å²) in [6.07, 6.45) is 0. The van der Waals surface area contributed by atoms with Crippen LogP contribution in [0.5, 0.6) is 5.75 Å². The van der Waals surface area contributed by atoms with Gasteiger partial charge in [-0.05, 0) is 43.3 Å². The van der Waals surface area contributed by atoms with Crippen LogP contribution in [0.4, 0.5) is 0 Å². The summed E-state index contributed by atoms with van der Waals surface area (Å²) in [6, 6.07) is 15.7. The number of amides is 1. The number of para-hydroxylation sites is 2. The molecule has 1 amide bonds. The monoisotopic (exact) mass is 355 g/mol. The molecular weight excluding hydrogens is 334 g/mol. The minimum absolute atomic E-state index is 0.0688. The van der Waals surface area contributed by atoms with Crippen LogP contribution in [0.3, 0.4) is 0 Å². The van der Waals surface area contributed by atoms with Gasteiger partial charge >= 0.3 is 0 Å². The largest absolute Gasteiger partial charge is 0.494 e. The number of carbonyl (C=O) groups excluding carboxylic acids is 1. The molecule has 0 atom stereocenters. The molecule has 0 bridgehead atoms. The first kappa shape index (κ1) is 17.4. The second kappa shape index (κ2) is 8.07. The van der Waals surface area contributed by atoms with E-state index in [2.05, 4.69) is 9.97 Å². The van der Waals surface area contributed by atoms with E-state index >= 15 is 0 Å². The number of benzene rings is 2. The highest BCUT2D eigenvalue weighted by Crippen LogP contribution is 2.22. The molecule has 0 saturated carbocycles. The Labute approximate surface area is 151 Å². The van der Waals surface area contributed by atoms with Gasteiger partial charge in [-0.15, -0.1) is 11.8 Å². The van der Waals surface area contributed by atoms with E-state index in [-0.39, 0.29) is 5.91 Å². The van der Waals surface area contributed by atoms with E-state index in [4.69, 9.17) is 4.74 Å². The van der Waals surface area contributed by atoms with Gasteiger partial charge in [-0.1, -0.05) is 12.1 Å². The molecule has 0 saturated heterocycles. The van der Waals surface area contributed by atoms with Crippen molar-refractivity contribution in [3.05, 3.63) is 54.4 Å². The van der Waals surface area contributed by atoms with Gasteiger partial charge in [-0.2, -0.15) is 0 Å². The van der Waals surface area contributed by atoms with Crippen LogP contribution in [0.1, 0.15) is 12.7 Å². The summed E-state index contributed by atoms with van der Waals surface area (Å²) < 4.78 is 5.42. The van der Waals surface area contributed by atoms with Gasteiger partial charge in [0.25, 0.3) is 0 Å². The average Bonchev–Trinajstić information content (AvgIpc) is 3.03. The van der Waals surface area contributed by atoms with E-state index in [0.717, 1.165) is 27.5 Å². The quantitative estimate of drug-likeness (QED) is 0.657. The van der Waals surface area contributed by atoms with E-state index in [9.17, 15) is 4.79 Å². The molecule has 2 aromatic carbocycles. The maximum atomic E-state index is 12.3. The third-order valence-electron chi connectivity index (χ3n) is 3.75. The van der Waals surface area contributed by atoms with E-state index in [1.54, 1.807) is 11.9 Å². The number of imidazole rings is 1. The number of carbonyl (C=O) groups is 1. The van der Waals surface area contributed by atoms with Gasteiger partial charge in [0.05, 0.1) is 29.9 Å². The molecule has 0 unspecified atom stereocenters. The van der Waals surface area contributed by atoms with Crippen molar-refractivity contribution in [3.63, 3.8) is 0 Å². The maximum Gasteiger partial charge on any atom is 0.233 e. The average molecular weight is 355 g/mol. The number of thioether (sulfide) groups is 1. The molecule has 1 aromatic heterocycles. The van der Waals surface area contributed by atoms with Crippen molar-refractivity contribution in [2.24, 2.45) is 0 Å². The predicted octanol–water partition coefficient (Wildman–Crippen LogP) is 3.71. The summed E-state index contributed by atoms with van der Waals surface area (Å²) in [7, 11) is 1.80. The standard InChI is InChI=1S/C19H21N3O2S/c1-3-24-14-8-10-15(11-9-14)25-13-19(23)22(2)12-18-20-16-6-4-5-7-17(16)21-18/h4-11H,3,12-13H2,1-2H3,(H,20,21). The molecule has 0 aliphatic carbocycles. The van der Waals surface area contributed by atoms with Crippen LogP contribution in [0.2, 0.25) is 0 Å². The molecule has 5 nitrogen and oxygen atoms in total. The molecule has 3 rings (SSSR count). The Balaban J connectivity index is 1.53. The van der Waals surface area contributed by atoms with Crippen molar-refractivity contribution in [2.45, 2.75) is 18.4 Å². The Morgan fingerprint density at radius 1 is 1.20 bits per heavy atom. The summed E-state index contributed by atoms with van der Waals surface area (Å²) in [4.78, 5) is 22.8. The van der Waals surface area contributed by atoms with Crippen LogP contribution in [0.15, 0.2) is 53.4 Å². The number of hydrogen-bond acceptors (Lipinski definition) is 4. The molecule has 6 heteroatoms. The van der Waals surface area contributed by atoms with Crippen molar-refractivity contribution < 1.29 is 9.53 Å². The number of aromatic amines is 1. The number of fused-ring (bicyclic) bond motifs is 1. The first-order chi connectivity index (χ1) is 12.2. The SMILES string of the molecule is CCOc1ccc(SCC(=O)N(C)Cc2nc3ccccc3[nH]2)cc1. The topological polar surface area (TPSA) is 58.2 Å². The molecule has 0 fully saturated rings. The number of aromatic nitrogens is 2. The number of nitrogens with zero attached hydrogens (tertiary/aromatic N) is 2. The number of hydrogen-bond donors (Lipinski definition) is 1. The lowest BCUT2D eigenvalue weighted by Gasteiger charge is -2.15. The molecule has 0 aliphatic heterocycles. The van der Waals surface area contributed by atoms with Crippen LogP contribution in [0, 0.1) is 0 Å². The predicted molar refractivity (Wildman–Crippen MR) is 101 cm³/mol. The third kappa shape index (κ3) is 4.54. The Bertz CT molecular complexity index is 812. The molecule has 0 spiro atoms. The molecule has 3 aromatic rings. The van der Waals surface area contributed by atoms with Gasteiger partial charge in [0.1, 0.15) is 11.6 Å². The van der Waals surface area contributed by atoms with Gasteiger partial charge in [0.2, 0.25) is 5.91 Å². The second-order valence-corrected chi connectivity index (χ2v) is 6.69. The highest BCUT2D eigenvalue weighted by molar-refractivity contribution is 8.00. The minimum Gasteiger partial charge on any atom is -0.494 e. The molecule has 1 N–H and O–H groups in total. The normalized spacial score (nSPS) is 10.8. The third-order valence-corrected chi connectivity index (χ3v) is 4.74. The van der Waals surface area contributed by atoms with E-state index in [1.165, 1.54) is 11.8 Å². The number of nitrogens with one attached hydrogen (secondary N) is 1. The minimum atomic E-state index is 0.0688. The van der Waals surface area contributed by atoms with Crippen LogP contribution < -0.4 is 4.74 Å². The highest BCUT2D eigenvalue weighted by Gasteiger charge is 2.12. The van der Waals surface area contributed by atoms with Gasteiger partial charge < -0.3 is 14.6 Å². The van der Waals surface area contributed by atoms with E-state index < -0.39 is 0 Å². The number of rotatable bonds is 7. The molecule has 1 heterocycles. The molecular formula is C19H21N3O2S. The summed E-state index contributed by atoms with van der Waals surface area (Å²) >= 11 is 1.52. The van der Waals surface area contributed by atoms with Crippen LogP contribution in [-0.4, -0.2) is 40.2 Å². The Morgan fingerprint density at radius 2 is 1.96 bits per heavy atom. The lowest BCUT2D eigenvalue weighted by molar-refractivity contribution is -0.127. The van der Waals surface area contributed by atoms with Crippen LogP contribution in [-0.2, 0) is 11.3 Å². The summed E-state index contributed by atoms with van der Waals surface area (Å²) in [6.45, 7) is 3.08.